The molecule has 1 saturated heterocycles. The largest absolute Gasteiger partial charge is 0.334 e. The van der Waals surface area contributed by atoms with E-state index >= 15 is 0 Å². The monoisotopic (exact) mass is 296 g/mol. The molecule has 114 valence electrons. The van der Waals surface area contributed by atoms with Gasteiger partial charge >= 0.3 is 0 Å². The van der Waals surface area contributed by atoms with Crippen LogP contribution in [0, 0.1) is 17.8 Å². The Bertz CT molecular complexity index is 731. The highest BCUT2D eigenvalue weighted by atomic mass is 16.2. The minimum Gasteiger partial charge on any atom is -0.334 e. The van der Waals surface area contributed by atoms with Crippen LogP contribution in [-0.4, -0.2) is 38.0 Å². The molecule has 0 spiro atoms. The number of nitrogens with zero attached hydrogens (tertiary/aromatic N) is 4. The molecule has 0 bridgehead atoms. The summed E-state index contributed by atoms with van der Waals surface area (Å²) in [6.07, 6.45) is 9.90. The fraction of sp³-hybridized carbons (Fsp3) is 0.588. The lowest BCUT2D eigenvalue weighted by Crippen LogP contribution is -2.37. The van der Waals surface area contributed by atoms with Gasteiger partial charge in [0.25, 0.3) is 5.91 Å². The minimum absolute atomic E-state index is 0.117. The summed E-state index contributed by atoms with van der Waals surface area (Å²) in [4.78, 5) is 19.5. The van der Waals surface area contributed by atoms with Crippen molar-refractivity contribution in [2.45, 2.75) is 38.1 Å². The zero-order chi connectivity index (χ0) is 14.7. The third-order valence-corrected chi connectivity index (χ3v) is 5.59. The maximum absolute atomic E-state index is 13.1. The number of hydrogen-bond donors (Lipinski definition) is 0. The van der Waals surface area contributed by atoms with Gasteiger partial charge in [-0.15, -0.1) is 0 Å². The van der Waals surface area contributed by atoms with Gasteiger partial charge in [-0.2, -0.15) is 5.10 Å². The number of fused-ring (bicyclic) bond motifs is 1. The van der Waals surface area contributed by atoms with Crippen LogP contribution in [0.3, 0.4) is 0 Å². The van der Waals surface area contributed by atoms with Gasteiger partial charge in [-0.1, -0.05) is 0 Å². The fourth-order valence-corrected chi connectivity index (χ4v) is 4.09. The summed E-state index contributed by atoms with van der Waals surface area (Å²) in [5.41, 5.74) is 1.35. The van der Waals surface area contributed by atoms with Crippen molar-refractivity contribution in [1.29, 1.82) is 0 Å². The summed E-state index contributed by atoms with van der Waals surface area (Å²) < 4.78 is 1.68. The van der Waals surface area contributed by atoms with Crippen LogP contribution < -0.4 is 0 Å². The van der Waals surface area contributed by atoms with Crippen LogP contribution in [0.2, 0.25) is 0 Å². The van der Waals surface area contributed by atoms with Crippen LogP contribution in [-0.2, 0) is 0 Å². The molecule has 5 heteroatoms. The number of carbonyl (C=O) groups excluding carboxylic acids is 1. The van der Waals surface area contributed by atoms with E-state index in [0.29, 0.717) is 11.7 Å². The molecule has 5 nitrogen and oxygen atoms in total. The average molecular weight is 296 g/mol. The molecule has 2 atom stereocenters. The summed E-state index contributed by atoms with van der Waals surface area (Å²) in [7, 11) is 0. The lowest BCUT2D eigenvalue weighted by Gasteiger charge is -2.24. The molecule has 0 radical (unpaired) electrons. The standard InChI is InChI=1S/C17H20N4O/c22-17(15-9-18-16-2-1-7-19-21(15)16)20-10-13(11-3-4-11)8-14(20)12-5-6-12/h1-2,7,9,11-14H,3-6,8,10H2/t13-,14-/m1/s1. The van der Waals surface area contributed by atoms with Crippen molar-refractivity contribution in [3.63, 3.8) is 0 Å². The molecule has 2 saturated carbocycles. The van der Waals surface area contributed by atoms with Crippen molar-refractivity contribution in [3.8, 4) is 0 Å². The highest BCUT2D eigenvalue weighted by molar-refractivity contribution is 5.93. The first-order chi connectivity index (χ1) is 10.8. The van der Waals surface area contributed by atoms with Crippen molar-refractivity contribution in [3.05, 3.63) is 30.2 Å². The van der Waals surface area contributed by atoms with Crippen molar-refractivity contribution < 1.29 is 4.79 Å². The molecule has 0 aromatic carbocycles. The van der Waals surface area contributed by atoms with E-state index in [1.165, 1.54) is 32.1 Å². The Labute approximate surface area is 129 Å². The lowest BCUT2D eigenvalue weighted by atomic mass is 9.98. The van der Waals surface area contributed by atoms with E-state index in [2.05, 4.69) is 15.0 Å². The van der Waals surface area contributed by atoms with E-state index in [1.54, 1.807) is 16.9 Å². The van der Waals surface area contributed by atoms with Gasteiger partial charge in [-0.05, 0) is 62.0 Å². The van der Waals surface area contributed by atoms with E-state index in [0.717, 1.165) is 29.9 Å². The third-order valence-electron chi connectivity index (χ3n) is 5.59. The number of carbonyl (C=O) groups is 1. The van der Waals surface area contributed by atoms with Gasteiger partial charge in [0.05, 0.1) is 6.20 Å². The van der Waals surface area contributed by atoms with E-state index in [1.807, 2.05) is 12.1 Å². The number of aromatic nitrogens is 3. The van der Waals surface area contributed by atoms with Gasteiger partial charge in [0.15, 0.2) is 11.3 Å². The van der Waals surface area contributed by atoms with Crippen molar-refractivity contribution in [2.75, 3.05) is 6.54 Å². The molecule has 3 aliphatic rings. The zero-order valence-electron chi connectivity index (χ0n) is 12.6. The molecule has 3 heterocycles. The molecule has 2 aromatic heterocycles. The maximum atomic E-state index is 13.1. The predicted octanol–water partition coefficient (Wildman–Crippen LogP) is 2.38. The smallest absolute Gasteiger partial charge is 0.274 e. The van der Waals surface area contributed by atoms with Crippen molar-refractivity contribution in [2.24, 2.45) is 17.8 Å². The van der Waals surface area contributed by atoms with E-state index in [4.69, 9.17) is 0 Å². The first-order valence-electron chi connectivity index (χ1n) is 8.41. The molecule has 2 aromatic rings. The Morgan fingerprint density at radius 1 is 1.14 bits per heavy atom. The summed E-state index contributed by atoms with van der Waals surface area (Å²) in [5, 5.41) is 4.29. The molecule has 5 rings (SSSR count). The molecule has 22 heavy (non-hydrogen) atoms. The van der Waals surface area contributed by atoms with Gasteiger partial charge in [0, 0.05) is 18.8 Å². The van der Waals surface area contributed by atoms with Gasteiger partial charge in [0.1, 0.15) is 0 Å². The predicted molar refractivity (Wildman–Crippen MR) is 81.4 cm³/mol. The van der Waals surface area contributed by atoms with Gasteiger partial charge in [0.2, 0.25) is 0 Å². The minimum atomic E-state index is 0.117. The highest BCUT2D eigenvalue weighted by Gasteiger charge is 2.48. The van der Waals surface area contributed by atoms with Crippen LogP contribution in [0.15, 0.2) is 24.5 Å². The summed E-state index contributed by atoms with van der Waals surface area (Å²) in [5.74, 6) is 2.45. The van der Waals surface area contributed by atoms with Crippen molar-refractivity contribution in [1.82, 2.24) is 19.5 Å². The SMILES string of the molecule is O=C(c1cnc2cccnn12)N1C[C@H](C2CC2)C[C@@H]1C1CC1. The first-order valence-corrected chi connectivity index (χ1v) is 8.41. The van der Waals surface area contributed by atoms with E-state index < -0.39 is 0 Å². The number of rotatable bonds is 3. The van der Waals surface area contributed by atoms with Gasteiger partial charge in [-0.25, -0.2) is 9.50 Å². The highest BCUT2D eigenvalue weighted by Crippen LogP contribution is 2.48. The molecular weight excluding hydrogens is 276 g/mol. The second-order valence-electron chi connectivity index (χ2n) is 7.13. The lowest BCUT2D eigenvalue weighted by molar-refractivity contribution is 0.0708. The van der Waals surface area contributed by atoms with Crippen LogP contribution in [0.25, 0.3) is 5.65 Å². The summed E-state index contributed by atoms with van der Waals surface area (Å²) in [6, 6.07) is 4.19. The van der Waals surface area contributed by atoms with E-state index in [-0.39, 0.29) is 5.91 Å². The summed E-state index contributed by atoms with van der Waals surface area (Å²) in [6.45, 7) is 0.935. The Balaban J connectivity index is 1.47. The second kappa shape index (κ2) is 4.54. The Morgan fingerprint density at radius 2 is 1.95 bits per heavy atom. The average Bonchev–Trinajstić information content (AvgIpc) is 3.48. The Kier molecular flexibility index (Phi) is 2.60. The third kappa shape index (κ3) is 1.95. The summed E-state index contributed by atoms with van der Waals surface area (Å²) >= 11 is 0. The molecule has 0 unspecified atom stereocenters. The van der Waals surface area contributed by atoms with Crippen LogP contribution in [0.1, 0.15) is 42.6 Å². The first kappa shape index (κ1) is 12.6. The number of likely N-dealkylation sites (tertiary alicyclic amines) is 1. The van der Waals surface area contributed by atoms with Crippen LogP contribution in [0.4, 0.5) is 0 Å². The number of hydrogen-bond acceptors (Lipinski definition) is 3. The van der Waals surface area contributed by atoms with Crippen LogP contribution in [0.5, 0.6) is 0 Å². The zero-order valence-corrected chi connectivity index (χ0v) is 12.6. The van der Waals surface area contributed by atoms with Crippen LogP contribution >= 0.6 is 0 Å². The molecule has 1 aliphatic heterocycles. The normalized spacial score (nSPS) is 28.5. The Morgan fingerprint density at radius 3 is 2.73 bits per heavy atom. The molecule has 3 fully saturated rings. The molecule has 2 aliphatic carbocycles. The van der Waals surface area contributed by atoms with Gasteiger partial charge in [-0.3, -0.25) is 4.79 Å². The van der Waals surface area contributed by atoms with Gasteiger partial charge < -0.3 is 4.90 Å². The molecular formula is C17H20N4O. The van der Waals surface area contributed by atoms with E-state index in [9.17, 15) is 4.79 Å². The second-order valence-corrected chi connectivity index (χ2v) is 7.13. The fourth-order valence-electron chi connectivity index (χ4n) is 4.09. The molecule has 1 amide bonds. The van der Waals surface area contributed by atoms with Crippen molar-refractivity contribution >= 4 is 11.6 Å². The Hall–Kier alpha value is -1.91. The topological polar surface area (TPSA) is 50.5 Å². The number of imidazole rings is 1. The maximum Gasteiger partial charge on any atom is 0.274 e. The number of amides is 1. The quantitative estimate of drug-likeness (QED) is 0.874. The molecule has 0 N–H and O–H groups in total.